The summed E-state index contributed by atoms with van der Waals surface area (Å²) in [5, 5.41) is 0. The SMILES string of the molecule is COCCN(CC(=O)c1ccc[nH]1)C(C)COC. The molecule has 0 aliphatic carbocycles. The molecule has 5 nitrogen and oxygen atoms in total. The Labute approximate surface area is 108 Å². The van der Waals surface area contributed by atoms with Gasteiger partial charge in [-0.05, 0) is 19.1 Å². The summed E-state index contributed by atoms with van der Waals surface area (Å²) in [7, 11) is 3.32. The molecule has 0 radical (unpaired) electrons. The Morgan fingerprint density at radius 3 is 2.78 bits per heavy atom. The van der Waals surface area contributed by atoms with Crippen molar-refractivity contribution in [1.82, 2.24) is 9.88 Å². The lowest BCUT2D eigenvalue weighted by atomic mass is 10.2. The molecule has 0 bridgehead atoms. The zero-order valence-corrected chi connectivity index (χ0v) is 11.3. The molecule has 0 saturated carbocycles. The molecule has 0 aliphatic heterocycles. The van der Waals surface area contributed by atoms with E-state index in [4.69, 9.17) is 9.47 Å². The number of carbonyl (C=O) groups is 1. The topological polar surface area (TPSA) is 54.6 Å². The average Bonchev–Trinajstić information content (AvgIpc) is 2.88. The number of aromatic nitrogens is 1. The van der Waals surface area contributed by atoms with Crippen LogP contribution < -0.4 is 0 Å². The Bertz CT molecular complexity index is 338. The molecular formula is C13H22N2O3. The van der Waals surface area contributed by atoms with Crippen molar-refractivity contribution < 1.29 is 14.3 Å². The molecule has 1 aromatic heterocycles. The molecule has 1 aromatic rings. The van der Waals surface area contributed by atoms with Crippen LogP contribution in [0.4, 0.5) is 0 Å². The highest BCUT2D eigenvalue weighted by Gasteiger charge is 2.18. The number of rotatable bonds is 9. The van der Waals surface area contributed by atoms with Gasteiger partial charge in [0.25, 0.3) is 0 Å². The van der Waals surface area contributed by atoms with Crippen molar-refractivity contribution in [1.29, 1.82) is 0 Å². The van der Waals surface area contributed by atoms with E-state index in [9.17, 15) is 4.79 Å². The molecule has 0 saturated heterocycles. The predicted molar refractivity (Wildman–Crippen MR) is 69.9 cm³/mol. The normalized spacial score (nSPS) is 12.9. The monoisotopic (exact) mass is 254 g/mol. The third-order valence-electron chi connectivity index (χ3n) is 2.86. The number of ketones is 1. The quantitative estimate of drug-likeness (QED) is 0.672. The zero-order valence-electron chi connectivity index (χ0n) is 11.3. The van der Waals surface area contributed by atoms with Gasteiger partial charge in [-0.15, -0.1) is 0 Å². The van der Waals surface area contributed by atoms with E-state index in [1.54, 1.807) is 26.5 Å². The molecule has 1 atom stereocenters. The van der Waals surface area contributed by atoms with E-state index < -0.39 is 0 Å². The summed E-state index contributed by atoms with van der Waals surface area (Å²) in [5.41, 5.74) is 0.641. The van der Waals surface area contributed by atoms with Crippen molar-refractivity contribution in [3.05, 3.63) is 24.0 Å². The Morgan fingerprint density at radius 1 is 1.44 bits per heavy atom. The molecule has 0 fully saturated rings. The molecular weight excluding hydrogens is 232 g/mol. The number of ether oxygens (including phenoxy) is 2. The minimum Gasteiger partial charge on any atom is -0.383 e. The zero-order chi connectivity index (χ0) is 13.4. The first-order valence-electron chi connectivity index (χ1n) is 6.07. The lowest BCUT2D eigenvalue weighted by molar-refractivity contribution is 0.0648. The second-order valence-electron chi connectivity index (χ2n) is 4.27. The number of carbonyl (C=O) groups excluding carboxylic acids is 1. The number of Topliss-reactive ketones (excluding diaryl/α,β-unsaturated/α-hetero) is 1. The Kier molecular flexibility index (Phi) is 6.64. The van der Waals surface area contributed by atoms with Gasteiger partial charge in [0.1, 0.15) is 0 Å². The van der Waals surface area contributed by atoms with Gasteiger partial charge in [-0.1, -0.05) is 0 Å². The number of hydrogen-bond acceptors (Lipinski definition) is 4. The van der Waals surface area contributed by atoms with Gasteiger partial charge < -0.3 is 14.5 Å². The van der Waals surface area contributed by atoms with Crippen LogP contribution in [0, 0.1) is 0 Å². The number of hydrogen-bond donors (Lipinski definition) is 1. The van der Waals surface area contributed by atoms with Crippen molar-refractivity contribution in [3.63, 3.8) is 0 Å². The van der Waals surface area contributed by atoms with Crippen molar-refractivity contribution in [2.45, 2.75) is 13.0 Å². The van der Waals surface area contributed by atoms with E-state index in [2.05, 4.69) is 9.88 Å². The number of aromatic amines is 1. The first-order valence-corrected chi connectivity index (χ1v) is 6.07. The van der Waals surface area contributed by atoms with Gasteiger partial charge in [-0.3, -0.25) is 9.69 Å². The summed E-state index contributed by atoms with van der Waals surface area (Å²) >= 11 is 0. The third-order valence-corrected chi connectivity index (χ3v) is 2.86. The molecule has 1 unspecified atom stereocenters. The molecule has 18 heavy (non-hydrogen) atoms. The van der Waals surface area contributed by atoms with E-state index in [0.717, 1.165) is 0 Å². The van der Waals surface area contributed by atoms with Gasteiger partial charge in [0.05, 0.1) is 25.5 Å². The summed E-state index contributed by atoms with van der Waals surface area (Å²) in [5.74, 6) is 0.0825. The average molecular weight is 254 g/mol. The first kappa shape index (κ1) is 14.9. The molecule has 1 rings (SSSR count). The van der Waals surface area contributed by atoms with Crippen LogP contribution in [0.5, 0.6) is 0 Å². The lowest BCUT2D eigenvalue weighted by Crippen LogP contribution is -2.41. The number of methoxy groups -OCH3 is 2. The standard InChI is InChI=1S/C13H22N2O3/c1-11(10-18-3)15(7-8-17-2)9-13(16)12-5-4-6-14-12/h4-6,11,14H,7-10H2,1-3H3. The van der Waals surface area contributed by atoms with Gasteiger partial charge in [-0.25, -0.2) is 0 Å². The number of nitrogens with zero attached hydrogens (tertiary/aromatic N) is 1. The molecule has 0 spiro atoms. The molecule has 1 heterocycles. The van der Waals surface area contributed by atoms with Crippen molar-refractivity contribution >= 4 is 5.78 Å². The Hall–Kier alpha value is -1.17. The highest BCUT2D eigenvalue weighted by Crippen LogP contribution is 2.04. The van der Waals surface area contributed by atoms with E-state index in [1.807, 2.05) is 13.0 Å². The maximum atomic E-state index is 12.0. The number of nitrogens with one attached hydrogen (secondary N) is 1. The highest BCUT2D eigenvalue weighted by molar-refractivity contribution is 5.95. The molecule has 0 aromatic carbocycles. The van der Waals surface area contributed by atoms with Crippen molar-refractivity contribution in [2.24, 2.45) is 0 Å². The largest absolute Gasteiger partial charge is 0.383 e. The van der Waals surface area contributed by atoms with Crippen molar-refractivity contribution in [3.8, 4) is 0 Å². The van der Waals surface area contributed by atoms with Gasteiger partial charge in [0.2, 0.25) is 0 Å². The van der Waals surface area contributed by atoms with Crippen LogP contribution >= 0.6 is 0 Å². The van der Waals surface area contributed by atoms with Crippen molar-refractivity contribution in [2.75, 3.05) is 40.5 Å². The second-order valence-corrected chi connectivity index (χ2v) is 4.27. The molecule has 102 valence electrons. The van der Waals surface area contributed by atoms with E-state index in [0.29, 0.717) is 32.0 Å². The molecule has 1 N–H and O–H groups in total. The van der Waals surface area contributed by atoms with Gasteiger partial charge in [0.15, 0.2) is 5.78 Å². The summed E-state index contributed by atoms with van der Waals surface area (Å²) in [4.78, 5) is 17.0. The summed E-state index contributed by atoms with van der Waals surface area (Å²) in [6, 6.07) is 3.80. The van der Waals surface area contributed by atoms with Crippen LogP contribution in [-0.2, 0) is 9.47 Å². The maximum absolute atomic E-state index is 12.0. The van der Waals surface area contributed by atoms with Gasteiger partial charge >= 0.3 is 0 Å². The third kappa shape index (κ3) is 4.60. The highest BCUT2D eigenvalue weighted by atomic mass is 16.5. The minimum absolute atomic E-state index is 0.0825. The molecule has 0 aliphatic rings. The second kappa shape index (κ2) is 8.02. The fraction of sp³-hybridized carbons (Fsp3) is 0.615. The summed E-state index contributed by atoms with van der Waals surface area (Å²) in [6.07, 6.45) is 1.76. The fourth-order valence-electron chi connectivity index (χ4n) is 1.78. The molecule has 0 amide bonds. The van der Waals surface area contributed by atoms with Crippen LogP contribution in [0.25, 0.3) is 0 Å². The van der Waals surface area contributed by atoms with Crippen LogP contribution in [0.15, 0.2) is 18.3 Å². The van der Waals surface area contributed by atoms with E-state index in [1.165, 1.54) is 0 Å². The number of H-pyrrole nitrogens is 1. The first-order chi connectivity index (χ1) is 8.69. The smallest absolute Gasteiger partial charge is 0.192 e. The summed E-state index contributed by atoms with van der Waals surface area (Å²) in [6.45, 7) is 4.33. The van der Waals surface area contributed by atoms with Gasteiger partial charge in [0, 0.05) is 33.0 Å². The maximum Gasteiger partial charge on any atom is 0.192 e. The van der Waals surface area contributed by atoms with Crippen LogP contribution in [0.1, 0.15) is 17.4 Å². The van der Waals surface area contributed by atoms with E-state index >= 15 is 0 Å². The van der Waals surface area contributed by atoms with E-state index in [-0.39, 0.29) is 11.8 Å². The predicted octanol–water partition coefficient (Wildman–Crippen LogP) is 1.18. The van der Waals surface area contributed by atoms with Crippen LogP contribution in [-0.4, -0.2) is 62.2 Å². The Balaban J connectivity index is 2.56. The van der Waals surface area contributed by atoms with Gasteiger partial charge in [-0.2, -0.15) is 0 Å². The summed E-state index contributed by atoms with van der Waals surface area (Å²) < 4.78 is 10.2. The minimum atomic E-state index is 0.0825. The Morgan fingerprint density at radius 2 is 2.22 bits per heavy atom. The fourth-order valence-corrected chi connectivity index (χ4v) is 1.78. The molecule has 5 heteroatoms. The van der Waals surface area contributed by atoms with Crippen LogP contribution in [0.2, 0.25) is 0 Å². The lowest BCUT2D eigenvalue weighted by Gasteiger charge is -2.27. The van der Waals surface area contributed by atoms with Crippen LogP contribution in [0.3, 0.4) is 0 Å².